The maximum Gasteiger partial charge on any atom is 0.132 e. The molecule has 0 saturated carbocycles. The van der Waals surface area contributed by atoms with Gasteiger partial charge in [-0.25, -0.2) is 4.39 Å². The van der Waals surface area contributed by atoms with Gasteiger partial charge in [-0.1, -0.05) is 23.7 Å². The Balaban J connectivity index is 2.28. The van der Waals surface area contributed by atoms with Crippen LogP contribution in [-0.2, 0) is 0 Å². The fraction of sp³-hybridized carbons (Fsp3) is 0.250. The van der Waals surface area contributed by atoms with Crippen molar-refractivity contribution >= 4 is 17.3 Å². The van der Waals surface area contributed by atoms with Crippen LogP contribution >= 0.6 is 11.6 Å². The van der Waals surface area contributed by atoms with Crippen molar-refractivity contribution in [2.24, 2.45) is 0 Å². The Morgan fingerprint density at radius 1 is 1.25 bits per heavy atom. The minimum Gasteiger partial charge on any atom is -0.496 e. The minimum absolute atomic E-state index is 0.232. The Kier molecular flexibility index (Phi) is 4.50. The summed E-state index contributed by atoms with van der Waals surface area (Å²) in [5.74, 6) is 0.241. The maximum absolute atomic E-state index is 14.0. The van der Waals surface area contributed by atoms with E-state index in [0.717, 1.165) is 11.3 Å². The van der Waals surface area contributed by atoms with Gasteiger partial charge in [-0.15, -0.1) is 0 Å². The molecule has 2 nitrogen and oxygen atoms in total. The SMILES string of the molecule is COc1cccc(F)c1C(C)Nc1ccc(C)c(Cl)c1. The van der Waals surface area contributed by atoms with E-state index in [9.17, 15) is 4.39 Å². The van der Waals surface area contributed by atoms with E-state index in [1.165, 1.54) is 13.2 Å². The Hall–Kier alpha value is -1.74. The van der Waals surface area contributed by atoms with Crippen molar-refractivity contribution in [2.45, 2.75) is 19.9 Å². The number of benzene rings is 2. The molecule has 1 N–H and O–H groups in total. The van der Waals surface area contributed by atoms with Crippen LogP contribution in [0.2, 0.25) is 5.02 Å². The highest BCUT2D eigenvalue weighted by molar-refractivity contribution is 6.31. The Bertz CT molecular complexity index is 615. The Labute approximate surface area is 123 Å². The van der Waals surface area contributed by atoms with Gasteiger partial charge in [0, 0.05) is 10.7 Å². The van der Waals surface area contributed by atoms with Crippen LogP contribution in [0.15, 0.2) is 36.4 Å². The first-order valence-corrected chi connectivity index (χ1v) is 6.76. The number of anilines is 1. The first-order valence-electron chi connectivity index (χ1n) is 6.38. The third-order valence-corrected chi connectivity index (χ3v) is 3.63. The van der Waals surface area contributed by atoms with Crippen molar-refractivity contribution in [1.82, 2.24) is 0 Å². The summed E-state index contributed by atoms with van der Waals surface area (Å²) in [4.78, 5) is 0. The molecule has 0 aromatic heterocycles. The summed E-state index contributed by atoms with van der Waals surface area (Å²) in [5, 5.41) is 3.92. The largest absolute Gasteiger partial charge is 0.496 e. The van der Waals surface area contributed by atoms with E-state index < -0.39 is 0 Å². The quantitative estimate of drug-likeness (QED) is 0.859. The summed E-state index contributed by atoms with van der Waals surface area (Å²) in [6.07, 6.45) is 0. The lowest BCUT2D eigenvalue weighted by molar-refractivity contribution is 0.402. The van der Waals surface area contributed by atoms with Crippen molar-refractivity contribution in [3.63, 3.8) is 0 Å². The summed E-state index contributed by atoms with van der Waals surface area (Å²) in [5.41, 5.74) is 2.36. The van der Waals surface area contributed by atoms with Crippen LogP contribution in [0.5, 0.6) is 5.75 Å². The lowest BCUT2D eigenvalue weighted by atomic mass is 10.1. The van der Waals surface area contributed by atoms with Crippen molar-refractivity contribution in [3.8, 4) is 5.75 Å². The third kappa shape index (κ3) is 3.05. The van der Waals surface area contributed by atoms with Gasteiger partial charge in [-0.2, -0.15) is 0 Å². The summed E-state index contributed by atoms with van der Waals surface area (Å²) >= 11 is 6.09. The zero-order valence-corrected chi connectivity index (χ0v) is 12.5. The second kappa shape index (κ2) is 6.14. The molecule has 1 unspecified atom stereocenters. The number of aryl methyl sites for hydroxylation is 1. The van der Waals surface area contributed by atoms with Crippen molar-refractivity contribution < 1.29 is 9.13 Å². The molecule has 2 aromatic carbocycles. The zero-order chi connectivity index (χ0) is 14.7. The fourth-order valence-electron chi connectivity index (χ4n) is 2.12. The van der Waals surface area contributed by atoms with Gasteiger partial charge in [0.05, 0.1) is 18.7 Å². The molecule has 0 heterocycles. The van der Waals surface area contributed by atoms with E-state index in [4.69, 9.17) is 16.3 Å². The molecule has 20 heavy (non-hydrogen) atoms. The molecule has 0 aliphatic heterocycles. The molecule has 1 atom stereocenters. The smallest absolute Gasteiger partial charge is 0.132 e. The predicted molar refractivity (Wildman–Crippen MR) is 81.2 cm³/mol. The van der Waals surface area contributed by atoms with Crippen molar-refractivity contribution in [3.05, 3.63) is 58.4 Å². The van der Waals surface area contributed by atoms with Gasteiger partial charge in [-0.05, 0) is 43.7 Å². The molecule has 0 bridgehead atoms. The maximum atomic E-state index is 14.0. The number of rotatable bonds is 4. The Morgan fingerprint density at radius 3 is 2.65 bits per heavy atom. The summed E-state index contributed by atoms with van der Waals surface area (Å²) in [6, 6.07) is 10.3. The first kappa shape index (κ1) is 14.7. The molecule has 4 heteroatoms. The van der Waals surface area contributed by atoms with Crippen LogP contribution in [-0.4, -0.2) is 7.11 Å². The van der Waals surface area contributed by atoms with E-state index >= 15 is 0 Å². The molecule has 0 aliphatic rings. The van der Waals surface area contributed by atoms with E-state index in [-0.39, 0.29) is 11.9 Å². The molecule has 2 rings (SSSR count). The average molecular weight is 294 g/mol. The summed E-state index contributed by atoms with van der Waals surface area (Å²) in [7, 11) is 1.54. The van der Waals surface area contributed by atoms with E-state index in [0.29, 0.717) is 16.3 Å². The third-order valence-electron chi connectivity index (χ3n) is 3.22. The average Bonchev–Trinajstić information content (AvgIpc) is 2.42. The molecule has 0 radical (unpaired) electrons. The molecular weight excluding hydrogens is 277 g/mol. The molecule has 0 spiro atoms. The number of hydrogen-bond donors (Lipinski definition) is 1. The Morgan fingerprint density at radius 2 is 2.00 bits per heavy atom. The molecule has 0 fully saturated rings. The van der Waals surface area contributed by atoms with E-state index in [1.54, 1.807) is 12.1 Å². The second-order valence-corrected chi connectivity index (χ2v) is 5.09. The van der Waals surface area contributed by atoms with Gasteiger partial charge in [0.1, 0.15) is 11.6 Å². The minimum atomic E-state index is -0.289. The van der Waals surface area contributed by atoms with Gasteiger partial charge in [0.25, 0.3) is 0 Å². The number of nitrogens with one attached hydrogen (secondary N) is 1. The van der Waals surface area contributed by atoms with Gasteiger partial charge in [0.2, 0.25) is 0 Å². The highest BCUT2D eigenvalue weighted by Crippen LogP contribution is 2.31. The number of halogens is 2. The molecule has 106 valence electrons. The number of methoxy groups -OCH3 is 1. The van der Waals surface area contributed by atoms with Crippen LogP contribution in [0.3, 0.4) is 0 Å². The topological polar surface area (TPSA) is 21.3 Å². The fourth-order valence-corrected chi connectivity index (χ4v) is 2.30. The highest BCUT2D eigenvalue weighted by Gasteiger charge is 2.16. The molecule has 0 aliphatic carbocycles. The molecule has 0 amide bonds. The molecular formula is C16H17ClFNO. The van der Waals surface area contributed by atoms with Gasteiger partial charge >= 0.3 is 0 Å². The van der Waals surface area contributed by atoms with Gasteiger partial charge in [0.15, 0.2) is 0 Å². The van der Waals surface area contributed by atoms with Crippen LogP contribution < -0.4 is 10.1 Å². The lowest BCUT2D eigenvalue weighted by Crippen LogP contribution is -2.10. The van der Waals surface area contributed by atoms with Crippen molar-refractivity contribution in [1.29, 1.82) is 0 Å². The number of ether oxygens (including phenoxy) is 1. The summed E-state index contributed by atoms with van der Waals surface area (Å²) in [6.45, 7) is 3.82. The highest BCUT2D eigenvalue weighted by atomic mass is 35.5. The second-order valence-electron chi connectivity index (χ2n) is 4.69. The van der Waals surface area contributed by atoms with Crippen LogP contribution in [0.4, 0.5) is 10.1 Å². The van der Waals surface area contributed by atoms with Gasteiger partial charge < -0.3 is 10.1 Å². The standard InChI is InChI=1S/C16H17ClFNO/c1-10-7-8-12(9-13(10)17)19-11(2)16-14(18)5-4-6-15(16)20-3/h4-9,11,19H,1-3H3. The predicted octanol–water partition coefficient (Wildman–Crippen LogP) is 4.97. The van der Waals surface area contributed by atoms with E-state index in [1.807, 2.05) is 32.0 Å². The number of hydrogen-bond acceptors (Lipinski definition) is 2. The van der Waals surface area contributed by atoms with E-state index in [2.05, 4.69) is 5.32 Å². The molecule has 2 aromatic rings. The summed E-state index contributed by atoms with van der Waals surface area (Å²) < 4.78 is 19.2. The van der Waals surface area contributed by atoms with Crippen LogP contribution in [0.25, 0.3) is 0 Å². The molecule has 0 saturated heterocycles. The normalized spacial score (nSPS) is 12.1. The van der Waals surface area contributed by atoms with Gasteiger partial charge in [-0.3, -0.25) is 0 Å². The van der Waals surface area contributed by atoms with Crippen LogP contribution in [0.1, 0.15) is 24.1 Å². The zero-order valence-electron chi connectivity index (χ0n) is 11.7. The van der Waals surface area contributed by atoms with Crippen LogP contribution in [0, 0.1) is 12.7 Å². The van der Waals surface area contributed by atoms with Crippen molar-refractivity contribution in [2.75, 3.05) is 12.4 Å². The monoisotopic (exact) mass is 293 g/mol. The first-order chi connectivity index (χ1) is 9.52. The lowest BCUT2D eigenvalue weighted by Gasteiger charge is -2.19.